The Balaban J connectivity index is 1.20. The molecule has 0 amide bonds. The van der Waals surface area contributed by atoms with E-state index < -0.39 is 5.60 Å². The highest BCUT2D eigenvalue weighted by Crippen LogP contribution is 2.44. The molecule has 1 aliphatic carbocycles. The summed E-state index contributed by atoms with van der Waals surface area (Å²) in [5, 5.41) is 14.6. The molecule has 5 heteroatoms. The van der Waals surface area contributed by atoms with Gasteiger partial charge in [0.25, 0.3) is 0 Å². The van der Waals surface area contributed by atoms with Crippen molar-refractivity contribution in [3.05, 3.63) is 84.1 Å². The number of nitrogens with zero attached hydrogens (tertiary/aromatic N) is 2. The van der Waals surface area contributed by atoms with Crippen LogP contribution in [0.1, 0.15) is 62.2 Å². The highest BCUT2D eigenvalue weighted by molar-refractivity contribution is 7.99. The number of hydrogen-bond acceptors (Lipinski definition) is 4. The molecule has 7 rings (SSSR count). The molecule has 4 heterocycles. The summed E-state index contributed by atoms with van der Waals surface area (Å²) in [6.07, 6.45) is 9.86. The molecule has 1 saturated carbocycles. The minimum atomic E-state index is -1.40. The van der Waals surface area contributed by atoms with Gasteiger partial charge in [-0.3, -0.25) is 0 Å². The zero-order chi connectivity index (χ0) is 24.4. The van der Waals surface area contributed by atoms with Crippen molar-refractivity contribution in [2.45, 2.75) is 62.0 Å². The maximum atomic E-state index is 14.6. The third kappa shape index (κ3) is 4.78. The second-order valence-corrected chi connectivity index (χ2v) is 12.5. The van der Waals surface area contributed by atoms with Crippen molar-refractivity contribution in [2.24, 2.45) is 17.8 Å². The van der Waals surface area contributed by atoms with E-state index in [4.69, 9.17) is 4.42 Å². The van der Waals surface area contributed by atoms with Crippen molar-refractivity contribution < 1.29 is 14.0 Å². The minimum absolute atomic E-state index is 0.0392. The predicted octanol–water partition coefficient (Wildman–Crippen LogP) is 6.01. The van der Waals surface area contributed by atoms with Crippen molar-refractivity contribution in [1.82, 2.24) is 4.98 Å². The monoisotopic (exact) mass is 502 g/mol. The first-order valence-corrected chi connectivity index (χ1v) is 14.9. The van der Waals surface area contributed by atoms with Crippen molar-refractivity contribution in [3.8, 4) is 0 Å². The molecule has 4 aliphatic rings. The van der Waals surface area contributed by atoms with Crippen LogP contribution < -0.4 is 5.11 Å². The topological polar surface area (TPSA) is 49.1 Å². The lowest BCUT2D eigenvalue weighted by atomic mass is 9.73. The van der Waals surface area contributed by atoms with Gasteiger partial charge in [0.05, 0.1) is 25.8 Å². The smallest absolute Gasteiger partial charge is 0.188 e. The third-order valence-electron chi connectivity index (χ3n) is 9.19. The van der Waals surface area contributed by atoms with E-state index >= 15 is 0 Å². The van der Waals surface area contributed by atoms with Crippen molar-refractivity contribution in [1.29, 1.82) is 0 Å². The van der Waals surface area contributed by atoms with Gasteiger partial charge in [-0.25, -0.2) is 4.98 Å². The summed E-state index contributed by atoms with van der Waals surface area (Å²) in [5.74, 6) is 4.10. The zero-order valence-electron chi connectivity index (χ0n) is 21.2. The molecular formula is C31H38N2O2S. The molecule has 1 aromatic heterocycles. The Bertz CT molecular complexity index is 1120. The van der Waals surface area contributed by atoms with Crippen LogP contribution in [0.4, 0.5) is 0 Å². The lowest BCUT2D eigenvalue weighted by Crippen LogP contribution is -2.61. The molecule has 3 saturated heterocycles. The number of benzene rings is 2. The number of piperidine rings is 3. The van der Waals surface area contributed by atoms with Crippen LogP contribution >= 0.6 is 11.8 Å². The fraction of sp³-hybridized carbons (Fsp3) is 0.516. The third-order valence-corrected chi connectivity index (χ3v) is 10.4. The normalized spacial score (nSPS) is 28.1. The van der Waals surface area contributed by atoms with Crippen molar-refractivity contribution in [3.63, 3.8) is 0 Å². The Kier molecular flexibility index (Phi) is 6.98. The lowest BCUT2D eigenvalue weighted by molar-refractivity contribution is -0.959. The first-order chi connectivity index (χ1) is 17.6. The molecule has 36 heavy (non-hydrogen) atoms. The van der Waals surface area contributed by atoms with Crippen LogP contribution in [0, 0.1) is 17.8 Å². The van der Waals surface area contributed by atoms with Gasteiger partial charge in [-0.05, 0) is 35.1 Å². The van der Waals surface area contributed by atoms with Gasteiger partial charge in [0.1, 0.15) is 6.54 Å². The average molecular weight is 503 g/mol. The van der Waals surface area contributed by atoms with E-state index in [-0.39, 0.29) is 5.92 Å². The molecule has 190 valence electrons. The van der Waals surface area contributed by atoms with E-state index in [9.17, 15) is 5.11 Å². The van der Waals surface area contributed by atoms with E-state index in [1.54, 1.807) is 0 Å². The minimum Gasteiger partial charge on any atom is -0.839 e. The van der Waals surface area contributed by atoms with Crippen LogP contribution in [0.5, 0.6) is 0 Å². The summed E-state index contributed by atoms with van der Waals surface area (Å²) < 4.78 is 7.51. The summed E-state index contributed by atoms with van der Waals surface area (Å²) in [7, 11) is 0. The number of rotatable bonds is 8. The fourth-order valence-corrected chi connectivity index (χ4v) is 8.31. The van der Waals surface area contributed by atoms with Crippen LogP contribution in [0.15, 0.2) is 76.2 Å². The zero-order valence-corrected chi connectivity index (χ0v) is 22.0. The molecule has 0 radical (unpaired) electrons. The Morgan fingerprint density at radius 3 is 2.33 bits per heavy atom. The largest absolute Gasteiger partial charge is 0.839 e. The molecule has 4 nitrogen and oxygen atoms in total. The highest BCUT2D eigenvalue weighted by Gasteiger charge is 2.46. The maximum absolute atomic E-state index is 14.6. The summed E-state index contributed by atoms with van der Waals surface area (Å²) in [4.78, 5) is 6.06. The predicted molar refractivity (Wildman–Crippen MR) is 142 cm³/mol. The Morgan fingerprint density at radius 2 is 1.61 bits per heavy atom. The molecule has 0 spiro atoms. The van der Waals surface area contributed by atoms with Crippen LogP contribution in [0.25, 0.3) is 0 Å². The second kappa shape index (κ2) is 10.4. The molecule has 2 bridgehead atoms. The van der Waals surface area contributed by atoms with Crippen LogP contribution in [0.3, 0.4) is 0 Å². The van der Waals surface area contributed by atoms with Gasteiger partial charge < -0.3 is 14.0 Å². The quantitative estimate of drug-likeness (QED) is 0.280. The van der Waals surface area contributed by atoms with Crippen molar-refractivity contribution in [2.75, 3.05) is 25.4 Å². The maximum Gasteiger partial charge on any atom is 0.188 e. The number of aromatic nitrogens is 1. The van der Waals surface area contributed by atoms with Crippen LogP contribution in [-0.4, -0.2) is 34.9 Å². The molecule has 0 unspecified atom stereocenters. The van der Waals surface area contributed by atoms with E-state index in [2.05, 4.69) is 35.3 Å². The van der Waals surface area contributed by atoms with Crippen molar-refractivity contribution >= 4 is 11.8 Å². The Morgan fingerprint density at radius 1 is 0.917 bits per heavy atom. The number of quaternary nitrogens is 1. The van der Waals surface area contributed by atoms with Gasteiger partial charge in [0.2, 0.25) is 0 Å². The Labute approximate surface area is 219 Å². The van der Waals surface area contributed by atoms with Crippen LogP contribution in [-0.2, 0) is 12.1 Å². The van der Waals surface area contributed by atoms with Crippen LogP contribution in [0.2, 0.25) is 0 Å². The number of thioether (sulfide) groups is 1. The number of oxazole rings is 1. The van der Waals surface area contributed by atoms with E-state index in [0.29, 0.717) is 5.89 Å². The Hall–Kier alpha value is -2.08. The lowest BCUT2D eigenvalue weighted by Gasteiger charge is -2.52. The van der Waals surface area contributed by atoms with Gasteiger partial charge >= 0.3 is 0 Å². The first kappa shape index (κ1) is 24.3. The summed E-state index contributed by atoms with van der Waals surface area (Å²) in [6, 6.07) is 20.7. The molecule has 3 aliphatic heterocycles. The molecule has 3 aromatic rings. The number of fused-ring (bicyclic) bond motifs is 3. The van der Waals surface area contributed by atoms with Gasteiger partial charge in [0, 0.05) is 29.4 Å². The van der Waals surface area contributed by atoms with Gasteiger partial charge in [0.15, 0.2) is 11.7 Å². The van der Waals surface area contributed by atoms with E-state index in [1.807, 2.05) is 48.3 Å². The highest BCUT2D eigenvalue weighted by atomic mass is 32.2. The summed E-state index contributed by atoms with van der Waals surface area (Å²) in [5.41, 5.74) is -0.599. The standard InChI is InChI=1S/C31H38N2O2S/c34-31(26-10-4-1-5-11-26,27-12-6-2-7-13-27)30-32-20-28(35-30)22-33-18-16-24(17-19-33)25(21-33)23-36-29-14-8-3-9-15-29/h1,3-5,8-11,14-15,20,24-25,27H,2,6-7,12-13,16-19,21-23H2/t24?,25-,31+,33?/m1/s1. The van der Waals surface area contributed by atoms with Gasteiger partial charge in [-0.15, -0.1) is 11.8 Å². The average Bonchev–Trinajstić information content (AvgIpc) is 3.42. The molecule has 4 fully saturated rings. The molecular weight excluding hydrogens is 464 g/mol. The van der Waals surface area contributed by atoms with E-state index in [1.165, 1.54) is 49.5 Å². The fourth-order valence-electron chi connectivity index (χ4n) is 7.18. The molecule has 0 N–H and O–H groups in total. The first-order valence-electron chi connectivity index (χ1n) is 13.9. The SMILES string of the molecule is [O-][C@](c1ccccc1)(c1ncc(C[N+]23CCC(CC2)[C@@H](CSc2ccccc2)C3)o1)C1CCCCC1. The summed E-state index contributed by atoms with van der Waals surface area (Å²) in [6.45, 7) is 4.51. The molecule has 2 atom stereocenters. The number of hydrogen-bond donors (Lipinski definition) is 0. The van der Waals surface area contributed by atoms with Gasteiger partial charge in [-0.2, -0.15) is 0 Å². The second-order valence-electron chi connectivity index (χ2n) is 11.4. The molecule has 2 aromatic carbocycles. The van der Waals surface area contributed by atoms with Gasteiger partial charge in [-0.1, -0.05) is 80.6 Å². The summed E-state index contributed by atoms with van der Waals surface area (Å²) >= 11 is 2.01. The van der Waals surface area contributed by atoms with E-state index in [0.717, 1.165) is 59.9 Å².